The van der Waals surface area contributed by atoms with Crippen LogP contribution in [-0.4, -0.2) is 41.0 Å². The Hall–Kier alpha value is -2.57. The molecular formula is C20H23BrN7P. The average molecular weight is 472 g/mol. The molecule has 0 spiro atoms. The first-order chi connectivity index (χ1) is 13.9. The molecule has 0 amide bonds. The van der Waals surface area contributed by atoms with Gasteiger partial charge in [0.2, 0.25) is 5.95 Å². The number of halogens is 1. The van der Waals surface area contributed by atoms with E-state index in [-0.39, 0.29) is 7.92 Å². The van der Waals surface area contributed by atoms with Gasteiger partial charge in [0.25, 0.3) is 0 Å². The molecule has 0 bridgehead atoms. The molecule has 0 saturated carbocycles. The van der Waals surface area contributed by atoms with Crippen molar-refractivity contribution in [3.05, 3.63) is 52.8 Å². The summed E-state index contributed by atoms with van der Waals surface area (Å²) in [6.45, 7) is 6.18. The second-order valence-corrected chi connectivity index (χ2v) is 9.67. The Bertz CT molecular complexity index is 1040. The molecule has 0 atom stereocenters. The molecule has 1 aromatic carbocycles. The van der Waals surface area contributed by atoms with Gasteiger partial charge in [0.05, 0.1) is 16.4 Å². The van der Waals surface area contributed by atoms with Crippen LogP contribution in [0.4, 0.5) is 29.0 Å². The molecule has 0 unspecified atom stereocenters. The summed E-state index contributed by atoms with van der Waals surface area (Å²) in [5.74, 6) is 1.78. The van der Waals surface area contributed by atoms with Crippen LogP contribution in [-0.2, 0) is 0 Å². The van der Waals surface area contributed by atoms with Crippen molar-refractivity contribution in [3.8, 4) is 0 Å². The first-order valence-electron chi connectivity index (χ1n) is 8.95. The standard InChI is InChI=1S/C20H23BrN7P/c1-12(22)14-9-13(10-24-18(14)23-2)26-20-25-11-15(21)19(28-20)27-16-7-5-6-8-17(16)29(3)4/h5-11,22H,1-4H3,(H,23,24)(H2,25,26,27,28). The summed E-state index contributed by atoms with van der Waals surface area (Å²) in [5, 5.41) is 18.8. The van der Waals surface area contributed by atoms with Gasteiger partial charge in [-0.2, -0.15) is 4.98 Å². The van der Waals surface area contributed by atoms with Crippen LogP contribution in [0.2, 0.25) is 0 Å². The van der Waals surface area contributed by atoms with E-state index in [0.29, 0.717) is 29.0 Å². The highest BCUT2D eigenvalue weighted by atomic mass is 79.9. The Morgan fingerprint density at radius 2 is 1.83 bits per heavy atom. The molecule has 9 heteroatoms. The number of para-hydroxylation sites is 1. The molecule has 3 aromatic rings. The Morgan fingerprint density at radius 1 is 1.07 bits per heavy atom. The van der Waals surface area contributed by atoms with Gasteiger partial charge in [0.1, 0.15) is 11.6 Å². The number of hydrogen-bond donors (Lipinski definition) is 4. The fraction of sp³-hybridized carbons (Fsp3) is 0.200. The molecule has 2 heterocycles. The normalized spacial score (nSPS) is 10.7. The van der Waals surface area contributed by atoms with Gasteiger partial charge in [0.15, 0.2) is 0 Å². The lowest BCUT2D eigenvalue weighted by Gasteiger charge is -2.16. The highest BCUT2D eigenvalue weighted by Crippen LogP contribution is 2.31. The number of nitrogens with one attached hydrogen (secondary N) is 4. The van der Waals surface area contributed by atoms with E-state index in [9.17, 15) is 0 Å². The third-order valence-corrected chi connectivity index (χ3v) is 6.10. The van der Waals surface area contributed by atoms with E-state index in [1.165, 1.54) is 5.30 Å². The Labute approximate surface area is 180 Å². The van der Waals surface area contributed by atoms with E-state index in [2.05, 4.69) is 78.4 Å². The number of aromatic nitrogens is 3. The zero-order valence-electron chi connectivity index (χ0n) is 16.7. The van der Waals surface area contributed by atoms with Crippen molar-refractivity contribution in [3.63, 3.8) is 0 Å². The predicted octanol–water partition coefficient (Wildman–Crippen LogP) is 4.92. The summed E-state index contributed by atoms with van der Waals surface area (Å²) in [6.07, 6.45) is 3.40. The van der Waals surface area contributed by atoms with Crippen molar-refractivity contribution >= 4 is 63.8 Å². The van der Waals surface area contributed by atoms with E-state index in [4.69, 9.17) is 5.41 Å². The lowest BCUT2D eigenvalue weighted by atomic mass is 10.1. The summed E-state index contributed by atoms with van der Waals surface area (Å²) in [5.41, 5.74) is 2.90. The zero-order chi connectivity index (χ0) is 21.0. The van der Waals surface area contributed by atoms with Gasteiger partial charge >= 0.3 is 0 Å². The first-order valence-corrected chi connectivity index (χ1v) is 12.0. The predicted molar refractivity (Wildman–Crippen MR) is 127 cm³/mol. The number of hydrogen-bond acceptors (Lipinski definition) is 7. The van der Waals surface area contributed by atoms with Crippen molar-refractivity contribution < 1.29 is 0 Å². The molecule has 2 aromatic heterocycles. The van der Waals surface area contributed by atoms with Crippen molar-refractivity contribution in [1.29, 1.82) is 5.41 Å². The number of benzene rings is 1. The quantitative estimate of drug-likeness (QED) is 0.288. The number of pyridine rings is 1. The van der Waals surface area contributed by atoms with Crippen LogP contribution in [0, 0.1) is 5.41 Å². The van der Waals surface area contributed by atoms with Gasteiger partial charge < -0.3 is 21.4 Å². The third kappa shape index (κ3) is 5.08. The second-order valence-electron chi connectivity index (χ2n) is 6.55. The van der Waals surface area contributed by atoms with Crippen molar-refractivity contribution in [2.45, 2.75) is 6.92 Å². The van der Waals surface area contributed by atoms with Crippen LogP contribution in [0.3, 0.4) is 0 Å². The highest BCUT2D eigenvalue weighted by molar-refractivity contribution is 9.10. The molecule has 0 aliphatic heterocycles. The first kappa shape index (κ1) is 21.1. The summed E-state index contributed by atoms with van der Waals surface area (Å²) in [4.78, 5) is 13.3. The van der Waals surface area contributed by atoms with Crippen LogP contribution in [0.1, 0.15) is 12.5 Å². The molecule has 0 radical (unpaired) electrons. The van der Waals surface area contributed by atoms with Crippen molar-refractivity contribution in [2.75, 3.05) is 36.3 Å². The van der Waals surface area contributed by atoms with Gasteiger partial charge in [-0.15, -0.1) is 0 Å². The lowest BCUT2D eigenvalue weighted by molar-refractivity contribution is 1.15. The van der Waals surface area contributed by atoms with E-state index < -0.39 is 0 Å². The maximum atomic E-state index is 7.94. The minimum Gasteiger partial charge on any atom is -0.373 e. The molecule has 0 saturated heterocycles. The van der Waals surface area contributed by atoms with Crippen LogP contribution in [0.5, 0.6) is 0 Å². The summed E-state index contributed by atoms with van der Waals surface area (Å²) >= 11 is 3.53. The Balaban J connectivity index is 1.89. The number of nitrogens with zero attached hydrogens (tertiary/aromatic N) is 3. The molecular weight excluding hydrogens is 449 g/mol. The van der Waals surface area contributed by atoms with Crippen molar-refractivity contribution in [1.82, 2.24) is 15.0 Å². The molecule has 150 valence electrons. The molecule has 4 N–H and O–H groups in total. The van der Waals surface area contributed by atoms with Crippen LogP contribution >= 0.6 is 23.9 Å². The van der Waals surface area contributed by atoms with Gasteiger partial charge in [-0.3, -0.25) is 0 Å². The monoisotopic (exact) mass is 471 g/mol. The van der Waals surface area contributed by atoms with Gasteiger partial charge in [-0.25, -0.2) is 9.97 Å². The molecule has 0 fully saturated rings. The molecule has 29 heavy (non-hydrogen) atoms. The van der Waals surface area contributed by atoms with Crippen molar-refractivity contribution in [2.24, 2.45) is 0 Å². The van der Waals surface area contributed by atoms with E-state index in [0.717, 1.165) is 15.7 Å². The van der Waals surface area contributed by atoms with Gasteiger partial charge in [-0.05, 0) is 53.6 Å². The van der Waals surface area contributed by atoms with E-state index >= 15 is 0 Å². The molecule has 3 rings (SSSR count). The Kier molecular flexibility index (Phi) is 6.77. The maximum Gasteiger partial charge on any atom is 0.229 e. The highest BCUT2D eigenvalue weighted by Gasteiger charge is 2.12. The minimum absolute atomic E-state index is 0.256. The largest absolute Gasteiger partial charge is 0.373 e. The van der Waals surface area contributed by atoms with Crippen LogP contribution < -0.4 is 21.3 Å². The van der Waals surface area contributed by atoms with Gasteiger partial charge in [0, 0.05) is 30.2 Å². The smallest absolute Gasteiger partial charge is 0.229 e. The average Bonchev–Trinajstić information content (AvgIpc) is 2.70. The molecule has 0 aliphatic rings. The third-order valence-electron chi connectivity index (χ3n) is 4.17. The minimum atomic E-state index is -0.256. The molecule has 0 aliphatic carbocycles. The molecule has 7 nitrogen and oxygen atoms in total. The summed E-state index contributed by atoms with van der Waals surface area (Å²) in [6, 6.07) is 10.1. The second kappa shape index (κ2) is 9.29. The fourth-order valence-corrected chi connectivity index (χ4v) is 4.05. The SMILES string of the molecule is CNc1ncc(Nc2ncc(Br)c(Nc3ccccc3P(C)C)n2)cc1C(C)=N. The summed E-state index contributed by atoms with van der Waals surface area (Å²) in [7, 11) is 1.53. The van der Waals surface area contributed by atoms with Crippen LogP contribution in [0.25, 0.3) is 0 Å². The lowest BCUT2D eigenvalue weighted by Crippen LogP contribution is -2.09. The van der Waals surface area contributed by atoms with E-state index in [1.54, 1.807) is 26.4 Å². The zero-order valence-corrected chi connectivity index (χ0v) is 19.2. The number of anilines is 5. The fourth-order valence-electron chi connectivity index (χ4n) is 2.76. The van der Waals surface area contributed by atoms with Crippen LogP contribution in [0.15, 0.2) is 47.2 Å². The Morgan fingerprint density at radius 3 is 2.52 bits per heavy atom. The topological polar surface area (TPSA) is 98.6 Å². The summed E-state index contributed by atoms with van der Waals surface area (Å²) < 4.78 is 0.772. The van der Waals surface area contributed by atoms with E-state index in [1.807, 2.05) is 12.1 Å². The maximum absolute atomic E-state index is 7.94. The van der Waals surface area contributed by atoms with Gasteiger partial charge in [-0.1, -0.05) is 26.1 Å². The number of rotatable bonds is 7.